The third-order valence-electron chi connectivity index (χ3n) is 4.34. The van der Waals surface area contributed by atoms with Crippen molar-refractivity contribution in [3.63, 3.8) is 0 Å². The van der Waals surface area contributed by atoms with Crippen LogP contribution < -0.4 is 3.71 Å². The SMILES string of the molecule is Cc1ccc2c3[c]([Sn][C](C)(C)C)nn(C4CCCCO4)c3nn2c1. The van der Waals surface area contributed by atoms with E-state index in [0.29, 0.717) is 3.43 Å². The second-order valence-electron chi connectivity index (χ2n) is 7.72. The van der Waals surface area contributed by atoms with E-state index in [1.807, 2.05) is 4.52 Å². The van der Waals surface area contributed by atoms with Gasteiger partial charge in [-0.3, -0.25) is 0 Å². The van der Waals surface area contributed by atoms with Gasteiger partial charge < -0.3 is 0 Å². The van der Waals surface area contributed by atoms with Gasteiger partial charge in [-0.1, -0.05) is 0 Å². The summed E-state index contributed by atoms with van der Waals surface area (Å²) in [7, 11) is 0. The molecule has 3 aromatic rings. The normalized spacial score (nSPS) is 19.4. The van der Waals surface area contributed by atoms with Crippen LogP contribution in [-0.4, -0.2) is 47.1 Å². The minimum absolute atomic E-state index is 0.0420. The molecule has 1 aliphatic heterocycles. The molecular formula is C18H24N4OSn. The van der Waals surface area contributed by atoms with E-state index < -0.39 is 21.1 Å². The fraction of sp³-hybridized carbons (Fsp3) is 0.556. The Labute approximate surface area is 152 Å². The van der Waals surface area contributed by atoms with E-state index in [2.05, 4.69) is 50.7 Å². The third kappa shape index (κ3) is 2.96. The second-order valence-corrected chi connectivity index (χ2v) is 14.1. The predicted molar refractivity (Wildman–Crippen MR) is 97.2 cm³/mol. The van der Waals surface area contributed by atoms with Crippen molar-refractivity contribution in [1.82, 2.24) is 19.4 Å². The second kappa shape index (κ2) is 6.02. The molecule has 5 nitrogen and oxygen atoms in total. The van der Waals surface area contributed by atoms with Gasteiger partial charge in [0, 0.05) is 0 Å². The molecule has 2 radical (unpaired) electrons. The van der Waals surface area contributed by atoms with Crippen LogP contribution in [0.25, 0.3) is 16.6 Å². The molecule has 0 aromatic carbocycles. The van der Waals surface area contributed by atoms with Crippen molar-refractivity contribution in [1.29, 1.82) is 0 Å². The van der Waals surface area contributed by atoms with Gasteiger partial charge in [-0.25, -0.2) is 0 Å². The topological polar surface area (TPSA) is 44.3 Å². The average Bonchev–Trinajstić information content (AvgIpc) is 3.04. The molecule has 6 heteroatoms. The number of hydrogen-bond acceptors (Lipinski definition) is 3. The molecule has 126 valence electrons. The molecule has 1 aliphatic rings. The molecule has 4 heterocycles. The van der Waals surface area contributed by atoms with Crippen molar-refractivity contribution < 1.29 is 4.74 Å². The summed E-state index contributed by atoms with van der Waals surface area (Å²) >= 11 is -0.843. The van der Waals surface area contributed by atoms with Crippen molar-refractivity contribution in [2.24, 2.45) is 0 Å². The van der Waals surface area contributed by atoms with Gasteiger partial charge in [0.05, 0.1) is 0 Å². The van der Waals surface area contributed by atoms with E-state index in [1.165, 1.54) is 26.6 Å². The minimum atomic E-state index is -0.843. The van der Waals surface area contributed by atoms with E-state index in [4.69, 9.17) is 14.9 Å². The molecule has 24 heavy (non-hydrogen) atoms. The summed E-state index contributed by atoms with van der Waals surface area (Å²) in [6.45, 7) is 9.92. The van der Waals surface area contributed by atoms with Gasteiger partial charge in [0.15, 0.2) is 0 Å². The number of nitrogens with zero attached hydrogens (tertiary/aromatic N) is 4. The molecule has 3 aromatic heterocycles. The number of aromatic nitrogens is 4. The number of ether oxygens (including phenoxy) is 1. The van der Waals surface area contributed by atoms with Crippen LogP contribution in [0.5, 0.6) is 0 Å². The predicted octanol–water partition coefficient (Wildman–Crippen LogP) is 3.24. The van der Waals surface area contributed by atoms with E-state index in [9.17, 15) is 0 Å². The van der Waals surface area contributed by atoms with Crippen molar-refractivity contribution >= 4 is 41.4 Å². The first-order valence-electron chi connectivity index (χ1n) is 8.69. The first kappa shape index (κ1) is 16.4. The van der Waals surface area contributed by atoms with E-state index in [1.54, 1.807) is 0 Å². The van der Waals surface area contributed by atoms with E-state index in [0.717, 1.165) is 25.1 Å². The summed E-state index contributed by atoms with van der Waals surface area (Å²) in [5, 5.41) is 11.1. The molecule has 1 fully saturated rings. The Balaban J connectivity index is 1.93. The Kier molecular flexibility index (Phi) is 4.11. The van der Waals surface area contributed by atoms with Gasteiger partial charge in [0.1, 0.15) is 0 Å². The van der Waals surface area contributed by atoms with Crippen molar-refractivity contribution in [2.75, 3.05) is 6.61 Å². The quantitative estimate of drug-likeness (QED) is 0.586. The fourth-order valence-corrected chi connectivity index (χ4v) is 6.81. The standard InChI is InChI=1S/C14H15N4O.C4H9.Sn/c1-10-5-6-12-11-8-15-18(13-4-2-3-7-19-13)14(11)16-17(12)9-10;1-4(2)3;/h5-6,9,13H,2-4,7H2,1H3;1-3H3;. The summed E-state index contributed by atoms with van der Waals surface area (Å²) in [4.78, 5) is 0. The molecule has 0 spiro atoms. The van der Waals surface area contributed by atoms with Gasteiger partial charge in [-0.15, -0.1) is 0 Å². The maximum absolute atomic E-state index is 6.01. The molecule has 0 aliphatic carbocycles. The van der Waals surface area contributed by atoms with Gasteiger partial charge in [-0.05, 0) is 0 Å². The summed E-state index contributed by atoms with van der Waals surface area (Å²) in [5.74, 6) is 0. The van der Waals surface area contributed by atoms with E-state index in [-0.39, 0.29) is 6.23 Å². The average molecular weight is 431 g/mol. The van der Waals surface area contributed by atoms with Gasteiger partial charge in [0.25, 0.3) is 0 Å². The fourth-order valence-electron chi connectivity index (χ4n) is 3.29. The van der Waals surface area contributed by atoms with Crippen molar-refractivity contribution in [2.45, 2.75) is 56.6 Å². The van der Waals surface area contributed by atoms with Crippen LogP contribution in [-0.2, 0) is 4.74 Å². The van der Waals surface area contributed by atoms with Gasteiger partial charge >= 0.3 is 153 Å². The monoisotopic (exact) mass is 432 g/mol. The maximum atomic E-state index is 6.01. The first-order valence-corrected chi connectivity index (χ1v) is 11.5. The summed E-state index contributed by atoms with van der Waals surface area (Å²) < 4.78 is 11.7. The molecular weight excluding hydrogens is 407 g/mol. The molecule has 1 atom stereocenters. The number of fused-ring (bicyclic) bond motifs is 3. The molecule has 0 saturated carbocycles. The Hall–Kier alpha value is -1.08. The van der Waals surface area contributed by atoms with Crippen LogP contribution in [0.2, 0.25) is 3.43 Å². The van der Waals surface area contributed by atoms with E-state index >= 15 is 0 Å². The zero-order valence-corrected chi connectivity index (χ0v) is 17.7. The van der Waals surface area contributed by atoms with Crippen LogP contribution in [0.15, 0.2) is 18.3 Å². The summed E-state index contributed by atoms with van der Waals surface area (Å²) in [6.07, 6.45) is 5.53. The van der Waals surface area contributed by atoms with Crippen LogP contribution in [0, 0.1) is 6.92 Å². The Morgan fingerprint density at radius 3 is 2.75 bits per heavy atom. The van der Waals surface area contributed by atoms with Crippen molar-refractivity contribution in [3.8, 4) is 0 Å². The van der Waals surface area contributed by atoms with Gasteiger partial charge in [0.2, 0.25) is 0 Å². The number of pyridine rings is 1. The molecule has 0 amide bonds. The molecule has 1 unspecified atom stereocenters. The van der Waals surface area contributed by atoms with Gasteiger partial charge in [-0.2, -0.15) is 0 Å². The zero-order chi connectivity index (χ0) is 16.9. The number of aryl methyl sites for hydroxylation is 1. The molecule has 0 bridgehead atoms. The summed E-state index contributed by atoms with van der Waals surface area (Å²) in [5.41, 5.74) is 3.39. The zero-order valence-electron chi connectivity index (χ0n) is 14.8. The molecule has 0 N–H and O–H groups in total. The Morgan fingerprint density at radius 1 is 1.21 bits per heavy atom. The first-order chi connectivity index (χ1) is 11.4. The molecule has 1 saturated heterocycles. The number of hydrogen-bond donors (Lipinski definition) is 0. The Morgan fingerprint density at radius 2 is 2.04 bits per heavy atom. The third-order valence-corrected chi connectivity index (χ3v) is 8.16. The Bertz CT molecular complexity index is 884. The summed E-state index contributed by atoms with van der Waals surface area (Å²) in [6, 6.07) is 4.35. The van der Waals surface area contributed by atoms with Crippen molar-refractivity contribution in [3.05, 3.63) is 23.9 Å². The van der Waals surface area contributed by atoms with Crippen LogP contribution >= 0.6 is 0 Å². The van der Waals surface area contributed by atoms with Crippen LogP contribution in [0.4, 0.5) is 0 Å². The van der Waals surface area contributed by atoms with Crippen LogP contribution in [0.3, 0.4) is 0 Å². The molecule has 4 rings (SSSR count). The number of rotatable bonds is 2. The van der Waals surface area contributed by atoms with Crippen LogP contribution in [0.1, 0.15) is 51.8 Å².